The smallest absolute Gasteiger partial charge is 0.305 e. The molecule has 0 aromatic heterocycles. The van der Waals surface area contributed by atoms with Crippen LogP contribution in [-0.4, -0.2) is 28.1 Å². The van der Waals surface area contributed by atoms with Crippen LogP contribution >= 0.6 is 11.8 Å². The largest absolute Gasteiger partial charge is 0.323 e. The number of aryl methyl sites for hydroxylation is 1. The maximum atomic E-state index is 14.3. The molecule has 180 valence electrons. The number of amides is 3. The van der Waals surface area contributed by atoms with E-state index < -0.39 is 21.5 Å². The Morgan fingerprint density at radius 1 is 1.06 bits per heavy atom. The van der Waals surface area contributed by atoms with E-state index in [0.717, 1.165) is 16.7 Å². The van der Waals surface area contributed by atoms with Crippen molar-refractivity contribution in [3.8, 4) is 0 Å². The molecule has 2 aliphatic rings. The topological polar surface area (TPSA) is 52.7 Å². The standard InChI is InChI=1S/C27H25F2N3O2S/c1-17-8-13-23-20(14-17)27(24(33)31(23)15-18-9-11-19(28)12-10-18)32(16-26(2,3)35-27)25(34)30-22-7-5-4-6-21(22)29/h4-14H,15-16H2,1-3H3,(H,30,34)/t27-/m1/s1. The summed E-state index contributed by atoms with van der Waals surface area (Å²) >= 11 is 1.43. The molecule has 2 aliphatic heterocycles. The van der Waals surface area contributed by atoms with Gasteiger partial charge in [0.2, 0.25) is 0 Å². The lowest BCUT2D eigenvalue weighted by atomic mass is 10.0. The lowest BCUT2D eigenvalue weighted by molar-refractivity contribution is -0.123. The Kier molecular flexibility index (Phi) is 5.59. The van der Waals surface area contributed by atoms with Gasteiger partial charge in [0, 0.05) is 16.9 Å². The molecule has 8 heteroatoms. The van der Waals surface area contributed by atoms with Crippen molar-refractivity contribution in [2.24, 2.45) is 0 Å². The molecule has 1 fully saturated rings. The fourth-order valence-corrected chi connectivity index (χ4v) is 6.51. The summed E-state index contributed by atoms with van der Waals surface area (Å²) in [6.07, 6.45) is 0. The number of nitrogens with zero attached hydrogens (tertiary/aromatic N) is 2. The van der Waals surface area contributed by atoms with Gasteiger partial charge in [0.05, 0.1) is 17.9 Å². The molecule has 3 aromatic carbocycles. The Morgan fingerprint density at radius 2 is 1.77 bits per heavy atom. The zero-order chi connectivity index (χ0) is 25.0. The number of thioether (sulfide) groups is 1. The van der Waals surface area contributed by atoms with Crippen molar-refractivity contribution in [1.29, 1.82) is 0 Å². The Morgan fingerprint density at radius 3 is 2.49 bits per heavy atom. The number of carbonyl (C=O) groups excluding carboxylic acids is 2. The van der Waals surface area contributed by atoms with Crippen LogP contribution in [0.15, 0.2) is 66.7 Å². The number of fused-ring (bicyclic) bond motifs is 2. The van der Waals surface area contributed by atoms with Gasteiger partial charge >= 0.3 is 6.03 Å². The SMILES string of the molecule is Cc1ccc2c(c1)[C@@]1(SC(C)(C)CN1C(=O)Nc1ccccc1F)C(=O)N2Cc1ccc(F)cc1. The van der Waals surface area contributed by atoms with Gasteiger partial charge in [0.15, 0.2) is 4.87 Å². The van der Waals surface area contributed by atoms with Gasteiger partial charge in [-0.2, -0.15) is 0 Å². The molecular formula is C27H25F2N3O2S. The second kappa shape index (κ2) is 8.37. The molecule has 0 aliphatic carbocycles. The van der Waals surface area contributed by atoms with E-state index in [0.29, 0.717) is 12.2 Å². The number of rotatable bonds is 3. The van der Waals surface area contributed by atoms with E-state index >= 15 is 0 Å². The third kappa shape index (κ3) is 3.95. The summed E-state index contributed by atoms with van der Waals surface area (Å²) in [6, 6.07) is 17.2. The summed E-state index contributed by atoms with van der Waals surface area (Å²) in [4.78, 5) is 29.7. The van der Waals surface area contributed by atoms with Gasteiger partial charge in [-0.3, -0.25) is 9.69 Å². The number of halogens is 2. The minimum Gasteiger partial charge on any atom is -0.305 e. The first-order valence-electron chi connectivity index (χ1n) is 11.3. The molecule has 35 heavy (non-hydrogen) atoms. The highest BCUT2D eigenvalue weighted by Crippen LogP contribution is 2.60. The number of urea groups is 1. The van der Waals surface area contributed by atoms with E-state index in [4.69, 9.17) is 0 Å². The Hall–Kier alpha value is -3.39. The van der Waals surface area contributed by atoms with Crippen molar-refractivity contribution in [2.45, 2.75) is 36.9 Å². The first-order chi connectivity index (χ1) is 16.6. The lowest BCUT2D eigenvalue weighted by Crippen LogP contribution is -2.51. The summed E-state index contributed by atoms with van der Waals surface area (Å²) in [7, 11) is 0. The molecule has 0 radical (unpaired) electrons. The zero-order valence-corrected chi connectivity index (χ0v) is 20.5. The second-order valence-corrected chi connectivity index (χ2v) is 11.4. The molecule has 1 atom stereocenters. The molecule has 1 spiro atoms. The van der Waals surface area contributed by atoms with Gasteiger partial charge in [-0.15, -0.1) is 11.8 Å². The lowest BCUT2D eigenvalue weighted by Gasteiger charge is -2.33. The predicted octanol–water partition coefficient (Wildman–Crippen LogP) is 6.03. The first kappa shape index (κ1) is 23.4. The van der Waals surface area contributed by atoms with E-state index in [-0.39, 0.29) is 24.0 Å². The summed E-state index contributed by atoms with van der Waals surface area (Å²) in [6.45, 7) is 6.44. The molecule has 5 nitrogen and oxygen atoms in total. The van der Waals surface area contributed by atoms with Gasteiger partial charge < -0.3 is 10.2 Å². The van der Waals surface area contributed by atoms with Crippen molar-refractivity contribution in [1.82, 2.24) is 4.90 Å². The normalized spacial score (nSPS) is 20.4. The molecule has 2 heterocycles. The fraction of sp³-hybridized carbons (Fsp3) is 0.259. The summed E-state index contributed by atoms with van der Waals surface area (Å²) < 4.78 is 27.4. The van der Waals surface area contributed by atoms with Crippen molar-refractivity contribution < 1.29 is 18.4 Å². The average molecular weight is 494 g/mol. The molecule has 5 rings (SSSR count). The average Bonchev–Trinajstić information content (AvgIpc) is 3.23. The van der Waals surface area contributed by atoms with Gasteiger partial charge in [-0.05, 0) is 56.7 Å². The molecule has 1 saturated heterocycles. The molecule has 1 N–H and O–H groups in total. The highest BCUT2D eigenvalue weighted by Gasteiger charge is 2.63. The van der Waals surface area contributed by atoms with Crippen molar-refractivity contribution in [3.63, 3.8) is 0 Å². The third-order valence-electron chi connectivity index (χ3n) is 6.30. The van der Waals surface area contributed by atoms with Crippen molar-refractivity contribution >= 4 is 35.1 Å². The Balaban J connectivity index is 1.59. The third-order valence-corrected chi connectivity index (χ3v) is 7.89. The predicted molar refractivity (Wildman–Crippen MR) is 134 cm³/mol. The van der Waals surface area contributed by atoms with Gasteiger partial charge in [-0.1, -0.05) is 42.0 Å². The fourth-order valence-electron chi connectivity index (χ4n) is 4.79. The van der Waals surface area contributed by atoms with Crippen LogP contribution in [0.3, 0.4) is 0 Å². The van der Waals surface area contributed by atoms with E-state index in [1.807, 2.05) is 39.0 Å². The van der Waals surface area contributed by atoms with Crippen molar-refractivity contribution in [3.05, 3.63) is 95.1 Å². The molecular weight excluding hydrogens is 468 g/mol. The molecule has 3 amide bonds. The van der Waals surface area contributed by atoms with Crippen LogP contribution in [0.1, 0.15) is 30.5 Å². The first-order valence-corrected chi connectivity index (χ1v) is 12.1. The molecule has 0 unspecified atom stereocenters. The van der Waals surface area contributed by atoms with E-state index in [1.54, 1.807) is 29.2 Å². The number of para-hydroxylation sites is 1. The minimum atomic E-state index is -1.31. The summed E-state index contributed by atoms with van der Waals surface area (Å²) in [5.74, 6) is -1.15. The van der Waals surface area contributed by atoms with E-state index in [1.165, 1.54) is 40.9 Å². The molecule has 0 bridgehead atoms. The Labute approximate surface area is 207 Å². The highest BCUT2D eigenvalue weighted by atomic mass is 32.2. The summed E-state index contributed by atoms with van der Waals surface area (Å²) in [5, 5.41) is 2.66. The maximum Gasteiger partial charge on any atom is 0.323 e. The monoisotopic (exact) mass is 493 g/mol. The van der Waals surface area contributed by atoms with Crippen molar-refractivity contribution in [2.75, 3.05) is 16.8 Å². The Bertz CT molecular complexity index is 1330. The zero-order valence-electron chi connectivity index (χ0n) is 19.6. The van der Waals surface area contributed by atoms with Crippen LogP contribution in [0.2, 0.25) is 0 Å². The number of anilines is 2. The number of hydrogen-bond acceptors (Lipinski definition) is 3. The second-order valence-electron chi connectivity index (χ2n) is 9.54. The van der Waals surface area contributed by atoms with Crippen LogP contribution in [0, 0.1) is 18.6 Å². The number of benzene rings is 3. The van der Waals surface area contributed by atoms with E-state index in [2.05, 4.69) is 5.32 Å². The molecule has 0 saturated carbocycles. The number of carbonyl (C=O) groups is 2. The van der Waals surface area contributed by atoms with Crippen LogP contribution < -0.4 is 10.2 Å². The number of nitrogens with one attached hydrogen (secondary N) is 1. The van der Waals surface area contributed by atoms with Gasteiger partial charge in [-0.25, -0.2) is 13.6 Å². The summed E-state index contributed by atoms with van der Waals surface area (Å²) in [5.41, 5.74) is 3.22. The van der Waals surface area contributed by atoms with Gasteiger partial charge in [0.1, 0.15) is 11.6 Å². The number of hydrogen-bond donors (Lipinski definition) is 1. The quantitative estimate of drug-likeness (QED) is 0.485. The van der Waals surface area contributed by atoms with Gasteiger partial charge in [0.25, 0.3) is 5.91 Å². The maximum absolute atomic E-state index is 14.3. The van der Waals surface area contributed by atoms with Crippen LogP contribution in [0.4, 0.5) is 25.0 Å². The van der Waals surface area contributed by atoms with Crippen LogP contribution in [0.25, 0.3) is 0 Å². The minimum absolute atomic E-state index is 0.0560. The molecule has 3 aromatic rings. The van der Waals surface area contributed by atoms with Crippen LogP contribution in [-0.2, 0) is 16.2 Å². The van der Waals surface area contributed by atoms with Crippen LogP contribution in [0.5, 0.6) is 0 Å². The highest BCUT2D eigenvalue weighted by molar-refractivity contribution is 8.02. The van der Waals surface area contributed by atoms with E-state index in [9.17, 15) is 18.4 Å².